The number of hydrogen-bond donors (Lipinski definition) is 2. The normalized spacial score (nSPS) is 11.8. The summed E-state index contributed by atoms with van der Waals surface area (Å²) in [6, 6.07) is 1.64. The molecule has 1 aromatic heterocycles. The van der Waals surface area contributed by atoms with Crippen LogP contribution in [-0.4, -0.2) is 25.1 Å². The van der Waals surface area contributed by atoms with Gasteiger partial charge in [-0.3, -0.25) is 0 Å². The first-order chi connectivity index (χ1) is 9.95. The van der Waals surface area contributed by atoms with Gasteiger partial charge in [0.15, 0.2) is 5.82 Å². The lowest BCUT2D eigenvalue weighted by molar-refractivity contribution is 0.267. The molecule has 0 fully saturated rings. The SMILES string of the molecule is O=S(=O)(NCCc1nccs1)c1ccc(F)c(CO)c1F. The molecule has 0 saturated carbocycles. The van der Waals surface area contributed by atoms with Gasteiger partial charge in [0.2, 0.25) is 10.0 Å². The van der Waals surface area contributed by atoms with Gasteiger partial charge in [0.05, 0.1) is 17.2 Å². The summed E-state index contributed by atoms with van der Waals surface area (Å²) < 4.78 is 53.3. The van der Waals surface area contributed by atoms with E-state index in [4.69, 9.17) is 5.11 Å². The van der Waals surface area contributed by atoms with Crippen LogP contribution in [-0.2, 0) is 23.1 Å². The van der Waals surface area contributed by atoms with Gasteiger partial charge in [0.25, 0.3) is 0 Å². The lowest BCUT2D eigenvalue weighted by Gasteiger charge is -2.09. The fraction of sp³-hybridized carbons (Fsp3) is 0.250. The number of hydrogen-bond acceptors (Lipinski definition) is 5. The average Bonchev–Trinajstić information content (AvgIpc) is 2.92. The molecule has 0 aliphatic heterocycles. The second kappa shape index (κ2) is 6.56. The molecule has 1 heterocycles. The molecule has 9 heteroatoms. The van der Waals surface area contributed by atoms with E-state index >= 15 is 0 Å². The third-order valence-electron chi connectivity index (χ3n) is 2.71. The van der Waals surface area contributed by atoms with Crippen LogP contribution in [0.1, 0.15) is 10.6 Å². The monoisotopic (exact) mass is 334 g/mol. The summed E-state index contributed by atoms with van der Waals surface area (Å²) in [7, 11) is -4.12. The molecule has 0 atom stereocenters. The van der Waals surface area contributed by atoms with Gasteiger partial charge in [-0.25, -0.2) is 26.9 Å². The predicted octanol–water partition coefficient (Wildman–Crippen LogP) is 1.43. The fourth-order valence-electron chi connectivity index (χ4n) is 1.68. The average molecular weight is 334 g/mol. The number of aliphatic hydroxyl groups is 1. The maximum absolute atomic E-state index is 13.9. The number of thiazole rings is 1. The first-order valence-electron chi connectivity index (χ1n) is 5.91. The van der Waals surface area contributed by atoms with Gasteiger partial charge in [-0.1, -0.05) is 0 Å². The van der Waals surface area contributed by atoms with Gasteiger partial charge in [0, 0.05) is 24.5 Å². The maximum Gasteiger partial charge on any atom is 0.243 e. The van der Waals surface area contributed by atoms with Gasteiger partial charge in [-0.15, -0.1) is 11.3 Å². The highest BCUT2D eigenvalue weighted by Gasteiger charge is 2.23. The molecule has 0 amide bonds. The molecule has 2 N–H and O–H groups in total. The van der Waals surface area contributed by atoms with E-state index in [-0.39, 0.29) is 6.54 Å². The van der Waals surface area contributed by atoms with Gasteiger partial charge in [-0.2, -0.15) is 0 Å². The summed E-state index contributed by atoms with van der Waals surface area (Å²) in [6.45, 7) is -0.874. The Bertz CT molecular complexity index is 718. The third kappa shape index (κ3) is 3.62. The standard InChI is InChI=1S/C12H12F2N2O3S2/c13-9-1-2-10(12(14)8(9)7-17)21(18,19)16-4-3-11-15-5-6-20-11/h1-2,5-6,16-17H,3-4,7H2. The molecule has 0 spiro atoms. The van der Waals surface area contributed by atoms with Gasteiger partial charge in [-0.05, 0) is 12.1 Å². The molecule has 0 radical (unpaired) electrons. The quantitative estimate of drug-likeness (QED) is 0.838. The zero-order valence-electron chi connectivity index (χ0n) is 10.7. The van der Waals surface area contributed by atoms with E-state index in [2.05, 4.69) is 9.71 Å². The molecule has 0 aliphatic carbocycles. The maximum atomic E-state index is 13.9. The number of benzene rings is 1. The summed E-state index contributed by atoms with van der Waals surface area (Å²) in [4.78, 5) is 3.30. The Morgan fingerprint density at radius 2 is 2.10 bits per heavy atom. The van der Waals surface area contributed by atoms with Crippen molar-refractivity contribution in [2.24, 2.45) is 0 Å². The lowest BCUT2D eigenvalue weighted by Crippen LogP contribution is -2.27. The predicted molar refractivity (Wildman–Crippen MR) is 73.3 cm³/mol. The van der Waals surface area contributed by atoms with Crippen LogP contribution in [0.3, 0.4) is 0 Å². The Balaban J connectivity index is 2.16. The summed E-state index contributed by atoms with van der Waals surface area (Å²) >= 11 is 1.38. The third-order valence-corrected chi connectivity index (χ3v) is 5.03. The molecular formula is C12H12F2N2O3S2. The molecule has 0 aliphatic rings. The van der Waals surface area contributed by atoms with Crippen molar-refractivity contribution < 1.29 is 22.3 Å². The van der Waals surface area contributed by atoms with Crippen molar-refractivity contribution in [2.45, 2.75) is 17.9 Å². The van der Waals surface area contributed by atoms with Crippen molar-refractivity contribution in [3.05, 3.63) is 45.9 Å². The summed E-state index contributed by atoms with van der Waals surface area (Å²) in [6.07, 6.45) is 1.97. The van der Waals surface area contributed by atoms with Gasteiger partial charge >= 0.3 is 0 Å². The zero-order valence-corrected chi connectivity index (χ0v) is 12.3. The summed E-state index contributed by atoms with van der Waals surface area (Å²) in [5.74, 6) is -2.27. The van der Waals surface area contributed by atoms with E-state index in [1.54, 1.807) is 11.6 Å². The lowest BCUT2D eigenvalue weighted by atomic mass is 10.2. The van der Waals surface area contributed by atoms with E-state index in [9.17, 15) is 17.2 Å². The fourth-order valence-corrected chi connectivity index (χ4v) is 3.43. The summed E-state index contributed by atoms with van der Waals surface area (Å²) in [5, 5.41) is 11.4. The smallest absolute Gasteiger partial charge is 0.243 e. The molecule has 0 bridgehead atoms. The number of halogens is 2. The van der Waals surface area contributed by atoms with Crippen LogP contribution in [0.25, 0.3) is 0 Å². The first kappa shape index (κ1) is 16.0. The Morgan fingerprint density at radius 3 is 2.71 bits per heavy atom. The summed E-state index contributed by atoms with van der Waals surface area (Å²) in [5.41, 5.74) is -0.669. The van der Waals surface area contributed by atoms with Crippen LogP contribution < -0.4 is 4.72 Å². The highest BCUT2D eigenvalue weighted by Crippen LogP contribution is 2.21. The van der Waals surface area contributed by atoms with Crippen molar-refractivity contribution in [3.8, 4) is 0 Å². The first-order valence-corrected chi connectivity index (χ1v) is 8.27. The number of aliphatic hydroxyl groups excluding tert-OH is 1. The molecule has 114 valence electrons. The minimum absolute atomic E-state index is 0.0428. The number of sulfonamides is 1. The van der Waals surface area contributed by atoms with E-state index in [0.29, 0.717) is 6.42 Å². The molecule has 5 nitrogen and oxygen atoms in total. The largest absolute Gasteiger partial charge is 0.391 e. The number of aromatic nitrogens is 1. The van der Waals surface area contributed by atoms with Crippen LogP contribution in [0.15, 0.2) is 28.6 Å². The number of rotatable bonds is 6. The zero-order chi connectivity index (χ0) is 15.5. The second-order valence-corrected chi connectivity index (χ2v) is 6.78. The Kier molecular flexibility index (Phi) is 4.99. The van der Waals surface area contributed by atoms with Crippen molar-refractivity contribution in [2.75, 3.05) is 6.54 Å². The molecule has 21 heavy (non-hydrogen) atoms. The van der Waals surface area contributed by atoms with Crippen molar-refractivity contribution in [3.63, 3.8) is 0 Å². The molecular weight excluding hydrogens is 322 g/mol. The van der Waals surface area contributed by atoms with Crippen LogP contribution in [0.5, 0.6) is 0 Å². The highest BCUT2D eigenvalue weighted by molar-refractivity contribution is 7.89. The Labute approximate surface area is 124 Å². The van der Waals surface area contributed by atoms with E-state index in [1.807, 2.05) is 0 Å². The van der Waals surface area contributed by atoms with E-state index in [1.165, 1.54) is 11.3 Å². The van der Waals surface area contributed by atoms with Crippen LogP contribution in [0, 0.1) is 11.6 Å². The van der Waals surface area contributed by atoms with E-state index in [0.717, 1.165) is 17.1 Å². The molecule has 1 aromatic carbocycles. The van der Waals surface area contributed by atoms with Crippen LogP contribution >= 0.6 is 11.3 Å². The number of nitrogens with one attached hydrogen (secondary N) is 1. The number of nitrogens with zero attached hydrogens (tertiary/aromatic N) is 1. The topological polar surface area (TPSA) is 79.3 Å². The molecule has 0 unspecified atom stereocenters. The van der Waals surface area contributed by atoms with Gasteiger partial charge in [0.1, 0.15) is 10.7 Å². The van der Waals surface area contributed by atoms with Crippen molar-refractivity contribution in [1.82, 2.24) is 9.71 Å². The van der Waals surface area contributed by atoms with Crippen LogP contribution in [0.2, 0.25) is 0 Å². The molecule has 0 saturated heterocycles. The second-order valence-electron chi connectivity index (χ2n) is 4.07. The Hall–Kier alpha value is -1.42. The van der Waals surface area contributed by atoms with Crippen LogP contribution in [0.4, 0.5) is 8.78 Å². The van der Waals surface area contributed by atoms with Crippen molar-refractivity contribution >= 4 is 21.4 Å². The van der Waals surface area contributed by atoms with Crippen molar-refractivity contribution in [1.29, 1.82) is 0 Å². The highest BCUT2D eigenvalue weighted by atomic mass is 32.2. The van der Waals surface area contributed by atoms with E-state index < -0.39 is 38.7 Å². The minimum atomic E-state index is -4.12. The van der Waals surface area contributed by atoms with Gasteiger partial charge < -0.3 is 5.11 Å². The molecule has 2 aromatic rings. The molecule has 2 rings (SSSR count). The minimum Gasteiger partial charge on any atom is -0.391 e. The Morgan fingerprint density at radius 1 is 1.33 bits per heavy atom.